The molecule has 0 saturated heterocycles. The molecule has 0 aliphatic heterocycles. The molecule has 2 aromatic heterocycles. The molecule has 0 aliphatic rings. The second-order valence-corrected chi connectivity index (χ2v) is 7.03. The molecule has 2 rings (SSSR count). The Morgan fingerprint density at radius 1 is 1.32 bits per heavy atom. The Labute approximate surface area is 130 Å². The molecule has 0 unspecified atom stereocenters. The van der Waals surface area contributed by atoms with Gasteiger partial charge in [0.2, 0.25) is 0 Å². The largest absolute Gasteiger partial charge is 0.349 e. The molecule has 0 fully saturated rings. The van der Waals surface area contributed by atoms with Crippen molar-refractivity contribution in [1.82, 2.24) is 10.3 Å². The van der Waals surface area contributed by atoms with Gasteiger partial charge in [0.25, 0.3) is 0 Å². The number of thiazole rings is 1. The zero-order valence-electron chi connectivity index (χ0n) is 11.1. The van der Waals surface area contributed by atoms with Crippen molar-refractivity contribution in [1.29, 1.82) is 0 Å². The summed E-state index contributed by atoms with van der Waals surface area (Å²) < 4.78 is 1.19. The maximum absolute atomic E-state index is 4.49. The molecule has 19 heavy (non-hydrogen) atoms. The first-order chi connectivity index (χ1) is 9.24. The summed E-state index contributed by atoms with van der Waals surface area (Å²) in [5, 5.41) is 6.69. The Morgan fingerprint density at radius 3 is 2.74 bits per heavy atom. The van der Waals surface area contributed by atoms with E-state index in [1.54, 1.807) is 22.7 Å². The molecule has 0 saturated carbocycles. The van der Waals surface area contributed by atoms with Crippen LogP contribution in [0.1, 0.15) is 23.6 Å². The van der Waals surface area contributed by atoms with Gasteiger partial charge >= 0.3 is 0 Å². The molecule has 0 spiro atoms. The van der Waals surface area contributed by atoms with Gasteiger partial charge in [-0.2, -0.15) is 0 Å². The number of nitrogens with zero attached hydrogens (tertiary/aromatic N) is 2. The molecule has 0 aliphatic carbocycles. The van der Waals surface area contributed by atoms with Crippen molar-refractivity contribution in [2.24, 2.45) is 0 Å². The van der Waals surface area contributed by atoms with Crippen LogP contribution in [0.5, 0.6) is 0 Å². The monoisotopic (exact) mass is 359 g/mol. The first-order valence-corrected chi connectivity index (χ1v) is 8.85. The number of thiophene rings is 1. The normalized spacial score (nSPS) is 10.9. The standard InChI is InChI=1S/C13H18BrN3S2/c1-3-17(4-2)13-16-8-10(19-13)7-15-9-12-11(14)5-6-18-12/h5-6,8,15H,3-4,7,9H2,1-2H3. The number of hydrogen-bond donors (Lipinski definition) is 1. The number of aromatic nitrogens is 1. The van der Waals surface area contributed by atoms with Crippen LogP contribution in [-0.2, 0) is 13.1 Å². The number of halogens is 1. The fraction of sp³-hybridized carbons (Fsp3) is 0.462. The highest BCUT2D eigenvalue weighted by atomic mass is 79.9. The number of rotatable bonds is 7. The number of nitrogens with one attached hydrogen (secondary N) is 1. The highest BCUT2D eigenvalue weighted by Gasteiger charge is 2.07. The van der Waals surface area contributed by atoms with Gasteiger partial charge in [-0.1, -0.05) is 0 Å². The molecule has 0 radical (unpaired) electrons. The highest BCUT2D eigenvalue weighted by molar-refractivity contribution is 9.10. The van der Waals surface area contributed by atoms with E-state index in [1.165, 1.54) is 14.2 Å². The third-order valence-electron chi connectivity index (χ3n) is 2.85. The molecule has 2 heterocycles. The highest BCUT2D eigenvalue weighted by Crippen LogP contribution is 2.24. The fourth-order valence-corrected chi connectivity index (χ4v) is 4.24. The van der Waals surface area contributed by atoms with Crippen molar-refractivity contribution in [2.75, 3.05) is 18.0 Å². The van der Waals surface area contributed by atoms with Crippen LogP contribution in [0.2, 0.25) is 0 Å². The van der Waals surface area contributed by atoms with Gasteiger partial charge in [0, 0.05) is 46.6 Å². The Hall–Kier alpha value is -0.430. The molecule has 1 N–H and O–H groups in total. The summed E-state index contributed by atoms with van der Waals surface area (Å²) in [6.45, 7) is 8.13. The van der Waals surface area contributed by atoms with Crippen molar-refractivity contribution in [3.8, 4) is 0 Å². The third-order valence-corrected chi connectivity index (χ3v) is 5.84. The lowest BCUT2D eigenvalue weighted by Gasteiger charge is -2.16. The lowest BCUT2D eigenvalue weighted by molar-refractivity contribution is 0.706. The van der Waals surface area contributed by atoms with E-state index in [0.717, 1.165) is 31.3 Å². The minimum absolute atomic E-state index is 0.878. The van der Waals surface area contributed by atoms with Crippen LogP contribution >= 0.6 is 38.6 Å². The molecule has 0 amide bonds. The van der Waals surface area contributed by atoms with Gasteiger partial charge in [0.05, 0.1) is 0 Å². The van der Waals surface area contributed by atoms with Crippen molar-refractivity contribution < 1.29 is 0 Å². The SMILES string of the molecule is CCN(CC)c1ncc(CNCc2sccc2Br)s1. The van der Waals surface area contributed by atoms with Crippen LogP contribution in [0.15, 0.2) is 22.1 Å². The summed E-state index contributed by atoms with van der Waals surface area (Å²) in [6.07, 6.45) is 1.98. The maximum atomic E-state index is 4.49. The van der Waals surface area contributed by atoms with Gasteiger partial charge in [-0.3, -0.25) is 0 Å². The van der Waals surface area contributed by atoms with Gasteiger partial charge in [0.15, 0.2) is 5.13 Å². The zero-order valence-corrected chi connectivity index (χ0v) is 14.4. The van der Waals surface area contributed by atoms with Gasteiger partial charge in [-0.05, 0) is 41.2 Å². The van der Waals surface area contributed by atoms with E-state index in [9.17, 15) is 0 Å². The Morgan fingerprint density at radius 2 is 2.11 bits per heavy atom. The van der Waals surface area contributed by atoms with Crippen molar-refractivity contribution >= 4 is 43.7 Å². The van der Waals surface area contributed by atoms with E-state index < -0.39 is 0 Å². The molecule has 0 aromatic carbocycles. The van der Waals surface area contributed by atoms with E-state index in [1.807, 2.05) is 6.20 Å². The smallest absolute Gasteiger partial charge is 0.185 e. The van der Waals surface area contributed by atoms with Crippen LogP contribution in [0.4, 0.5) is 5.13 Å². The average molecular weight is 360 g/mol. The van der Waals surface area contributed by atoms with Gasteiger partial charge < -0.3 is 10.2 Å². The van der Waals surface area contributed by atoms with Crippen LogP contribution in [0.3, 0.4) is 0 Å². The Bertz CT molecular complexity index is 505. The second-order valence-electron chi connectivity index (χ2n) is 4.08. The number of hydrogen-bond acceptors (Lipinski definition) is 5. The van der Waals surface area contributed by atoms with Crippen molar-refractivity contribution in [3.05, 3.63) is 31.9 Å². The summed E-state index contributed by atoms with van der Waals surface area (Å²) in [7, 11) is 0. The molecule has 2 aromatic rings. The number of anilines is 1. The van der Waals surface area contributed by atoms with E-state index >= 15 is 0 Å². The topological polar surface area (TPSA) is 28.2 Å². The minimum atomic E-state index is 0.878. The van der Waals surface area contributed by atoms with Gasteiger partial charge in [0.1, 0.15) is 0 Å². The fourth-order valence-electron chi connectivity index (χ4n) is 1.77. The lowest BCUT2D eigenvalue weighted by Crippen LogP contribution is -2.21. The lowest BCUT2D eigenvalue weighted by atomic mass is 10.4. The molecule has 3 nitrogen and oxygen atoms in total. The molecule has 0 bridgehead atoms. The van der Waals surface area contributed by atoms with Crippen LogP contribution in [-0.4, -0.2) is 18.1 Å². The first-order valence-electron chi connectivity index (χ1n) is 6.36. The maximum Gasteiger partial charge on any atom is 0.185 e. The molecular formula is C13H18BrN3S2. The molecule has 6 heteroatoms. The third kappa shape index (κ3) is 4.02. The molecule has 104 valence electrons. The summed E-state index contributed by atoms with van der Waals surface area (Å²) in [6, 6.07) is 2.09. The average Bonchev–Trinajstić information content (AvgIpc) is 3.02. The van der Waals surface area contributed by atoms with Crippen LogP contribution < -0.4 is 10.2 Å². The summed E-state index contributed by atoms with van der Waals surface area (Å²) in [5.41, 5.74) is 0. The van der Waals surface area contributed by atoms with Crippen LogP contribution in [0, 0.1) is 0 Å². The second kappa shape index (κ2) is 7.38. The van der Waals surface area contributed by atoms with Crippen molar-refractivity contribution in [2.45, 2.75) is 26.9 Å². The Balaban J connectivity index is 1.85. The molecular weight excluding hydrogens is 342 g/mol. The van der Waals surface area contributed by atoms with E-state index in [4.69, 9.17) is 0 Å². The predicted octanol–water partition coefficient (Wildman–Crippen LogP) is 4.10. The quantitative estimate of drug-likeness (QED) is 0.806. The summed E-state index contributed by atoms with van der Waals surface area (Å²) >= 11 is 7.10. The first kappa shape index (κ1) is 15.0. The van der Waals surface area contributed by atoms with E-state index in [2.05, 4.69) is 56.4 Å². The van der Waals surface area contributed by atoms with Crippen molar-refractivity contribution in [3.63, 3.8) is 0 Å². The van der Waals surface area contributed by atoms with Gasteiger partial charge in [-0.25, -0.2) is 4.98 Å². The summed E-state index contributed by atoms with van der Waals surface area (Å²) in [5.74, 6) is 0. The minimum Gasteiger partial charge on any atom is -0.349 e. The predicted molar refractivity (Wildman–Crippen MR) is 88.2 cm³/mol. The van der Waals surface area contributed by atoms with Crippen LogP contribution in [0.25, 0.3) is 0 Å². The Kier molecular flexibility index (Phi) is 5.81. The summed E-state index contributed by atoms with van der Waals surface area (Å²) in [4.78, 5) is 9.40. The van der Waals surface area contributed by atoms with E-state index in [0.29, 0.717) is 0 Å². The molecule has 0 atom stereocenters. The zero-order chi connectivity index (χ0) is 13.7. The van der Waals surface area contributed by atoms with Gasteiger partial charge in [-0.15, -0.1) is 22.7 Å². The van der Waals surface area contributed by atoms with E-state index in [-0.39, 0.29) is 0 Å².